The number of hydrogen-bond acceptors (Lipinski definition) is 3. The minimum Gasteiger partial charge on any atom is -0.450 e. The quantitative estimate of drug-likeness (QED) is 0.458. The SMILES string of the molecule is O=C(O)OCCCC(=O)c1ccccc1. The topological polar surface area (TPSA) is 63.6 Å². The summed E-state index contributed by atoms with van der Waals surface area (Å²) in [5.74, 6) is 0.00425. The Morgan fingerprint density at radius 1 is 1.20 bits per heavy atom. The van der Waals surface area contributed by atoms with Crippen molar-refractivity contribution in [2.45, 2.75) is 12.8 Å². The lowest BCUT2D eigenvalue weighted by Crippen LogP contribution is -2.05. The summed E-state index contributed by atoms with van der Waals surface area (Å²) in [6.07, 6.45) is -0.584. The maximum Gasteiger partial charge on any atom is 0.505 e. The lowest BCUT2D eigenvalue weighted by atomic mass is 10.1. The minimum atomic E-state index is -1.30. The van der Waals surface area contributed by atoms with E-state index in [-0.39, 0.29) is 12.4 Å². The molecule has 0 saturated heterocycles. The zero-order chi connectivity index (χ0) is 11.1. The third-order valence-electron chi connectivity index (χ3n) is 1.87. The molecule has 0 radical (unpaired) electrons. The first kappa shape index (κ1) is 11.2. The van der Waals surface area contributed by atoms with Crippen molar-refractivity contribution in [1.29, 1.82) is 0 Å². The highest BCUT2D eigenvalue weighted by Gasteiger charge is 2.05. The van der Waals surface area contributed by atoms with Crippen molar-refractivity contribution in [3.63, 3.8) is 0 Å². The van der Waals surface area contributed by atoms with Gasteiger partial charge in [0.2, 0.25) is 0 Å². The molecule has 0 spiro atoms. The van der Waals surface area contributed by atoms with Crippen molar-refractivity contribution < 1.29 is 19.4 Å². The molecule has 4 nitrogen and oxygen atoms in total. The van der Waals surface area contributed by atoms with Crippen LogP contribution in [-0.4, -0.2) is 23.7 Å². The average Bonchev–Trinajstić information content (AvgIpc) is 2.25. The summed E-state index contributed by atoms with van der Waals surface area (Å²) in [5.41, 5.74) is 0.646. The van der Waals surface area contributed by atoms with Crippen LogP contribution in [0.25, 0.3) is 0 Å². The molecule has 0 aliphatic rings. The van der Waals surface area contributed by atoms with Crippen LogP contribution in [0.1, 0.15) is 23.2 Å². The monoisotopic (exact) mass is 208 g/mol. The summed E-state index contributed by atoms with van der Waals surface area (Å²) in [6, 6.07) is 8.90. The first-order chi connectivity index (χ1) is 7.20. The van der Waals surface area contributed by atoms with Crippen LogP contribution in [0.3, 0.4) is 0 Å². The second-order valence-corrected chi connectivity index (χ2v) is 3.01. The Bertz CT molecular complexity index is 332. The Hall–Kier alpha value is -1.84. The first-order valence-corrected chi connectivity index (χ1v) is 4.64. The summed E-state index contributed by atoms with van der Waals surface area (Å²) in [5, 5.41) is 8.19. The maximum atomic E-state index is 11.5. The van der Waals surface area contributed by atoms with Crippen molar-refractivity contribution in [3.05, 3.63) is 35.9 Å². The number of Topliss-reactive ketones (excluding diaryl/α,β-unsaturated/α-hetero) is 1. The molecule has 15 heavy (non-hydrogen) atoms. The molecular formula is C11H12O4. The predicted octanol–water partition coefficient (Wildman–Crippen LogP) is 2.34. The minimum absolute atomic E-state index is 0.00425. The van der Waals surface area contributed by atoms with Gasteiger partial charge in [0.25, 0.3) is 0 Å². The van der Waals surface area contributed by atoms with Gasteiger partial charge >= 0.3 is 6.16 Å². The molecule has 0 fully saturated rings. The van der Waals surface area contributed by atoms with E-state index in [0.29, 0.717) is 18.4 Å². The van der Waals surface area contributed by atoms with E-state index in [4.69, 9.17) is 5.11 Å². The van der Waals surface area contributed by atoms with Crippen molar-refractivity contribution in [2.24, 2.45) is 0 Å². The van der Waals surface area contributed by atoms with Gasteiger partial charge in [0.1, 0.15) is 0 Å². The van der Waals surface area contributed by atoms with Crippen molar-refractivity contribution >= 4 is 11.9 Å². The standard InChI is InChI=1S/C11H12O4/c12-10(7-4-8-15-11(13)14)9-5-2-1-3-6-9/h1-3,5-6H,4,7-8H2,(H,13,14). The van der Waals surface area contributed by atoms with E-state index in [1.807, 2.05) is 6.07 Å². The molecule has 0 unspecified atom stereocenters. The fourth-order valence-corrected chi connectivity index (χ4v) is 1.16. The number of carbonyl (C=O) groups is 2. The number of carboxylic acid groups (broad SMARTS) is 1. The average molecular weight is 208 g/mol. The van der Waals surface area contributed by atoms with Gasteiger partial charge in [0, 0.05) is 12.0 Å². The fourth-order valence-electron chi connectivity index (χ4n) is 1.16. The van der Waals surface area contributed by atoms with Gasteiger partial charge in [-0.3, -0.25) is 4.79 Å². The highest BCUT2D eigenvalue weighted by atomic mass is 16.7. The summed E-state index contributed by atoms with van der Waals surface area (Å²) in [6.45, 7) is 0.0634. The molecule has 1 N–H and O–H groups in total. The van der Waals surface area contributed by atoms with E-state index in [1.165, 1.54) is 0 Å². The molecule has 1 aromatic carbocycles. The third-order valence-corrected chi connectivity index (χ3v) is 1.87. The van der Waals surface area contributed by atoms with E-state index in [1.54, 1.807) is 24.3 Å². The number of rotatable bonds is 5. The number of ketones is 1. The molecule has 0 atom stereocenters. The zero-order valence-corrected chi connectivity index (χ0v) is 8.18. The summed E-state index contributed by atoms with van der Waals surface area (Å²) in [7, 11) is 0. The molecule has 1 rings (SSSR count). The molecule has 80 valence electrons. The smallest absolute Gasteiger partial charge is 0.450 e. The van der Waals surface area contributed by atoms with E-state index >= 15 is 0 Å². The summed E-state index contributed by atoms with van der Waals surface area (Å²) >= 11 is 0. The second kappa shape index (κ2) is 5.80. The largest absolute Gasteiger partial charge is 0.505 e. The van der Waals surface area contributed by atoms with Gasteiger partial charge in [-0.1, -0.05) is 30.3 Å². The van der Waals surface area contributed by atoms with Gasteiger partial charge in [0.15, 0.2) is 5.78 Å². The predicted molar refractivity (Wildman–Crippen MR) is 54.0 cm³/mol. The van der Waals surface area contributed by atoms with Crippen LogP contribution < -0.4 is 0 Å². The molecule has 4 heteroatoms. The molecule has 0 saturated carbocycles. The van der Waals surface area contributed by atoms with Crippen LogP contribution in [0.4, 0.5) is 4.79 Å². The Morgan fingerprint density at radius 3 is 2.47 bits per heavy atom. The van der Waals surface area contributed by atoms with Gasteiger partial charge < -0.3 is 9.84 Å². The zero-order valence-electron chi connectivity index (χ0n) is 8.18. The van der Waals surface area contributed by atoms with Gasteiger partial charge in [-0.05, 0) is 6.42 Å². The normalized spacial score (nSPS) is 9.60. The van der Waals surface area contributed by atoms with E-state index in [0.717, 1.165) is 0 Å². The van der Waals surface area contributed by atoms with E-state index in [9.17, 15) is 9.59 Å². The van der Waals surface area contributed by atoms with Gasteiger partial charge in [-0.15, -0.1) is 0 Å². The van der Waals surface area contributed by atoms with E-state index in [2.05, 4.69) is 4.74 Å². The van der Waals surface area contributed by atoms with Crippen molar-refractivity contribution in [3.8, 4) is 0 Å². The third kappa shape index (κ3) is 4.26. The Balaban J connectivity index is 2.28. The number of ether oxygens (including phenoxy) is 1. The van der Waals surface area contributed by atoms with Gasteiger partial charge in [-0.25, -0.2) is 4.79 Å². The van der Waals surface area contributed by atoms with Crippen molar-refractivity contribution in [2.75, 3.05) is 6.61 Å². The first-order valence-electron chi connectivity index (χ1n) is 4.64. The Labute approximate surface area is 87.5 Å². The van der Waals surface area contributed by atoms with Gasteiger partial charge in [0.05, 0.1) is 6.61 Å². The highest BCUT2D eigenvalue weighted by Crippen LogP contribution is 2.04. The Kier molecular flexibility index (Phi) is 4.34. The molecule has 0 aromatic heterocycles. The molecule has 0 aliphatic carbocycles. The van der Waals surface area contributed by atoms with Crippen LogP contribution in [-0.2, 0) is 4.74 Å². The lowest BCUT2D eigenvalue weighted by molar-refractivity contribution is 0.0845. The molecule has 0 bridgehead atoms. The molecule has 1 aromatic rings. The van der Waals surface area contributed by atoms with Crippen LogP contribution in [0.2, 0.25) is 0 Å². The highest BCUT2D eigenvalue weighted by molar-refractivity contribution is 5.95. The Morgan fingerprint density at radius 2 is 1.87 bits per heavy atom. The summed E-state index contributed by atoms with van der Waals surface area (Å²) < 4.78 is 4.29. The molecule has 0 amide bonds. The van der Waals surface area contributed by atoms with Gasteiger partial charge in [-0.2, -0.15) is 0 Å². The van der Waals surface area contributed by atoms with Crippen molar-refractivity contribution in [1.82, 2.24) is 0 Å². The van der Waals surface area contributed by atoms with E-state index < -0.39 is 6.16 Å². The maximum absolute atomic E-state index is 11.5. The number of hydrogen-bond donors (Lipinski definition) is 1. The van der Waals surface area contributed by atoms with Crippen LogP contribution in [0.5, 0.6) is 0 Å². The molecule has 0 aliphatic heterocycles. The fraction of sp³-hybridized carbons (Fsp3) is 0.273. The van der Waals surface area contributed by atoms with Crippen LogP contribution in [0.15, 0.2) is 30.3 Å². The number of benzene rings is 1. The number of carbonyl (C=O) groups excluding carboxylic acids is 1. The lowest BCUT2D eigenvalue weighted by Gasteiger charge is -2.00. The second-order valence-electron chi connectivity index (χ2n) is 3.01. The van der Waals surface area contributed by atoms with Crippen LogP contribution in [0, 0.1) is 0 Å². The summed E-state index contributed by atoms with van der Waals surface area (Å²) in [4.78, 5) is 21.5. The molecule has 0 heterocycles. The van der Waals surface area contributed by atoms with Crippen LogP contribution >= 0.6 is 0 Å². The molecular weight excluding hydrogens is 196 g/mol.